The molecule has 2 heteroatoms. The summed E-state index contributed by atoms with van der Waals surface area (Å²) in [6, 6.07) is 10.5. The lowest BCUT2D eigenvalue weighted by Gasteiger charge is -2.14. The second-order valence-corrected chi connectivity index (χ2v) is 4.20. The van der Waals surface area contributed by atoms with E-state index in [1.165, 1.54) is 5.56 Å². The molecule has 0 aromatic heterocycles. The van der Waals surface area contributed by atoms with Crippen LogP contribution in [0.5, 0.6) is 0 Å². The molecule has 1 aromatic carbocycles. The zero-order chi connectivity index (χ0) is 12.5. The Morgan fingerprint density at radius 1 is 1.24 bits per heavy atom. The van der Waals surface area contributed by atoms with Crippen LogP contribution in [-0.2, 0) is 11.2 Å². The minimum absolute atomic E-state index is 0.0900. The van der Waals surface area contributed by atoms with E-state index >= 15 is 0 Å². The Labute approximate surface area is 104 Å². The Balaban J connectivity index is 2.18. The molecule has 1 aromatic rings. The maximum Gasteiger partial charge on any atom is 0.245 e. The summed E-state index contributed by atoms with van der Waals surface area (Å²) in [4.78, 5) is 13.2. The van der Waals surface area contributed by atoms with Crippen molar-refractivity contribution >= 4 is 5.91 Å². The van der Waals surface area contributed by atoms with Crippen molar-refractivity contribution in [2.75, 3.05) is 13.6 Å². The first-order chi connectivity index (χ1) is 8.24. The van der Waals surface area contributed by atoms with E-state index in [4.69, 9.17) is 0 Å². The molecule has 0 aliphatic heterocycles. The van der Waals surface area contributed by atoms with Crippen LogP contribution in [-0.4, -0.2) is 24.4 Å². The minimum Gasteiger partial charge on any atom is -0.342 e. The van der Waals surface area contributed by atoms with Crippen molar-refractivity contribution < 1.29 is 4.79 Å². The Morgan fingerprint density at radius 2 is 1.94 bits per heavy atom. The Hall–Kier alpha value is -1.57. The average Bonchev–Trinajstić information content (AvgIpc) is 2.36. The van der Waals surface area contributed by atoms with Crippen LogP contribution in [0.1, 0.15) is 25.3 Å². The molecule has 0 aliphatic rings. The van der Waals surface area contributed by atoms with Gasteiger partial charge < -0.3 is 4.90 Å². The lowest BCUT2D eigenvalue weighted by Crippen LogP contribution is -2.25. The molecule has 0 radical (unpaired) electrons. The molecule has 0 heterocycles. The normalized spacial score (nSPS) is 10.7. The first-order valence-corrected chi connectivity index (χ1v) is 6.15. The van der Waals surface area contributed by atoms with Gasteiger partial charge in [-0.25, -0.2) is 0 Å². The number of unbranched alkanes of at least 4 members (excludes halogenated alkanes) is 1. The van der Waals surface area contributed by atoms with Gasteiger partial charge in [0.05, 0.1) is 0 Å². The lowest BCUT2D eigenvalue weighted by atomic mass is 10.1. The fourth-order valence-corrected chi connectivity index (χ4v) is 1.70. The van der Waals surface area contributed by atoms with Gasteiger partial charge in [0.25, 0.3) is 0 Å². The molecule has 0 unspecified atom stereocenters. The predicted octanol–water partition coefficient (Wildman–Crippen LogP) is 3.04. The monoisotopic (exact) mass is 231 g/mol. The maximum atomic E-state index is 11.4. The van der Waals surface area contributed by atoms with Crippen molar-refractivity contribution in [3.05, 3.63) is 48.0 Å². The Kier molecular flexibility index (Phi) is 6.08. The summed E-state index contributed by atoms with van der Waals surface area (Å²) < 4.78 is 0. The van der Waals surface area contributed by atoms with Crippen molar-refractivity contribution in [1.29, 1.82) is 0 Å². The van der Waals surface area contributed by atoms with Gasteiger partial charge in [0.1, 0.15) is 0 Å². The number of hydrogen-bond donors (Lipinski definition) is 0. The number of benzene rings is 1. The average molecular weight is 231 g/mol. The van der Waals surface area contributed by atoms with E-state index in [9.17, 15) is 4.79 Å². The third kappa shape index (κ3) is 5.34. The Morgan fingerprint density at radius 3 is 2.59 bits per heavy atom. The van der Waals surface area contributed by atoms with E-state index in [1.807, 2.05) is 20.0 Å². The molecule has 0 spiro atoms. The van der Waals surface area contributed by atoms with Crippen LogP contribution >= 0.6 is 0 Å². The third-order valence-electron chi connectivity index (χ3n) is 2.74. The SMILES string of the molecule is CC=CC(=O)N(C)CCCCc1ccccc1. The fourth-order valence-electron chi connectivity index (χ4n) is 1.70. The zero-order valence-electron chi connectivity index (χ0n) is 10.7. The van der Waals surface area contributed by atoms with Gasteiger partial charge >= 0.3 is 0 Å². The first kappa shape index (κ1) is 13.5. The van der Waals surface area contributed by atoms with Crippen molar-refractivity contribution in [3.8, 4) is 0 Å². The highest BCUT2D eigenvalue weighted by Crippen LogP contribution is 2.05. The van der Waals surface area contributed by atoms with Crippen LogP contribution in [0, 0.1) is 0 Å². The molecule has 0 atom stereocenters. The molecule has 0 N–H and O–H groups in total. The number of nitrogens with zero attached hydrogens (tertiary/aromatic N) is 1. The zero-order valence-corrected chi connectivity index (χ0v) is 10.7. The van der Waals surface area contributed by atoms with Crippen LogP contribution in [0.15, 0.2) is 42.5 Å². The lowest BCUT2D eigenvalue weighted by molar-refractivity contribution is -0.124. The summed E-state index contributed by atoms with van der Waals surface area (Å²) in [7, 11) is 1.85. The van der Waals surface area contributed by atoms with Crippen molar-refractivity contribution in [2.45, 2.75) is 26.2 Å². The number of rotatable bonds is 6. The van der Waals surface area contributed by atoms with Gasteiger partial charge in [-0.15, -0.1) is 0 Å². The smallest absolute Gasteiger partial charge is 0.245 e. The number of allylic oxidation sites excluding steroid dienone is 1. The Bertz CT molecular complexity index is 356. The number of amides is 1. The molecular weight excluding hydrogens is 210 g/mol. The van der Waals surface area contributed by atoms with Crippen LogP contribution in [0.3, 0.4) is 0 Å². The third-order valence-corrected chi connectivity index (χ3v) is 2.74. The first-order valence-electron chi connectivity index (χ1n) is 6.15. The summed E-state index contributed by atoms with van der Waals surface area (Å²) in [6.45, 7) is 2.69. The molecule has 17 heavy (non-hydrogen) atoms. The molecule has 0 saturated carbocycles. The molecule has 2 nitrogen and oxygen atoms in total. The van der Waals surface area contributed by atoms with Crippen LogP contribution in [0.4, 0.5) is 0 Å². The van der Waals surface area contributed by atoms with Gasteiger partial charge in [-0.05, 0) is 37.8 Å². The van der Waals surface area contributed by atoms with E-state index in [1.54, 1.807) is 17.1 Å². The van der Waals surface area contributed by atoms with Crippen molar-refractivity contribution in [1.82, 2.24) is 4.90 Å². The number of aryl methyl sites for hydroxylation is 1. The second-order valence-electron chi connectivity index (χ2n) is 4.20. The van der Waals surface area contributed by atoms with Gasteiger partial charge in [-0.2, -0.15) is 0 Å². The molecule has 1 rings (SSSR count). The summed E-state index contributed by atoms with van der Waals surface area (Å²) in [5, 5.41) is 0. The standard InChI is InChI=1S/C15H21NO/c1-3-9-15(17)16(2)13-8-7-12-14-10-5-4-6-11-14/h3-6,9-11H,7-8,12-13H2,1-2H3. The highest BCUT2D eigenvalue weighted by molar-refractivity contribution is 5.87. The second kappa shape index (κ2) is 7.66. The highest BCUT2D eigenvalue weighted by atomic mass is 16.2. The topological polar surface area (TPSA) is 20.3 Å². The molecule has 0 aliphatic carbocycles. The van der Waals surface area contributed by atoms with Gasteiger partial charge in [-0.1, -0.05) is 36.4 Å². The quantitative estimate of drug-likeness (QED) is 0.544. The van der Waals surface area contributed by atoms with E-state index < -0.39 is 0 Å². The summed E-state index contributed by atoms with van der Waals surface area (Å²) in [5.74, 6) is 0.0900. The number of hydrogen-bond acceptors (Lipinski definition) is 1. The van der Waals surface area contributed by atoms with E-state index in [0.717, 1.165) is 25.8 Å². The van der Waals surface area contributed by atoms with Gasteiger partial charge in [-0.3, -0.25) is 4.79 Å². The van der Waals surface area contributed by atoms with Gasteiger partial charge in [0.2, 0.25) is 5.91 Å². The number of likely N-dealkylation sites (N-methyl/N-ethyl adjacent to an activating group) is 1. The summed E-state index contributed by atoms with van der Waals surface area (Å²) >= 11 is 0. The molecule has 1 amide bonds. The van der Waals surface area contributed by atoms with Crippen molar-refractivity contribution in [3.63, 3.8) is 0 Å². The molecule has 0 bridgehead atoms. The van der Waals surface area contributed by atoms with Gasteiger partial charge in [0, 0.05) is 13.6 Å². The van der Waals surface area contributed by atoms with Crippen LogP contribution < -0.4 is 0 Å². The summed E-state index contributed by atoms with van der Waals surface area (Å²) in [5.41, 5.74) is 1.37. The predicted molar refractivity (Wildman–Crippen MR) is 71.8 cm³/mol. The van der Waals surface area contributed by atoms with Crippen LogP contribution in [0.25, 0.3) is 0 Å². The summed E-state index contributed by atoms with van der Waals surface area (Å²) in [6.07, 6.45) is 6.65. The molecule has 0 saturated heterocycles. The highest BCUT2D eigenvalue weighted by Gasteiger charge is 2.03. The van der Waals surface area contributed by atoms with Gasteiger partial charge in [0.15, 0.2) is 0 Å². The van der Waals surface area contributed by atoms with E-state index in [2.05, 4.69) is 24.3 Å². The largest absolute Gasteiger partial charge is 0.342 e. The van der Waals surface area contributed by atoms with E-state index in [0.29, 0.717) is 0 Å². The minimum atomic E-state index is 0.0900. The van der Waals surface area contributed by atoms with E-state index in [-0.39, 0.29) is 5.91 Å². The fraction of sp³-hybridized carbons (Fsp3) is 0.400. The molecule has 0 fully saturated rings. The number of carbonyl (C=O) groups is 1. The molecule has 92 valence electrons. The van der Waals surface area contributed by atoms with Crippen LogP contribution in [0.2, 0.25) is 0 Å². The molecular formula is C15H21NO. The van der Waals surface area contributed by atoms with Crippen molar-refractivity contribution in [2.24, 2.45) is 0 Å². The maximum absolute atomic E-state index is 11.4. The number of carbonyl (C=O) groups excluding carboxylic acids is 1.